The molecule has 2 heterocycles. The van der Waals surface area contributed by atoms with Crippen LogP contribution in [-0.4, -0.2) is 32.1 Å². The molecular formula is C18H19N5O2S2. The molecule has 2 aromatic heterocycles. The Hall–Kier alpha value is -2.26. The Morgan fingerprint density at radius 3 is 2.89 bits per heavy atom. The molecule has 1 fully saturated rings. The van der Waals surface area contributed by atoms with Gasteiger partial charge in [-0.05, 0) is 31.9 Å². The number of amides is 1. The number of carbonyl (C=O) groups excluding carboxylic acids is 1. The third-order valence-corrected chi connectivity index (χ3v) is 6.49. The van der Waals surface area contributed by atoms with Gasteiger partial charge in [-0.25, -0.2) is 4.98 Å². The molecule has 1 aromatic carbocycles. The molecule has 1 atom stereocenters. The lowest BCUT2D eigenvalue weighted by Gasteiger charge is -2.17. The van der Waals surface area contributed by atoms with Crippen LogP contribution in [0.4, 0.5) is 5.13 Å². The number of hydrogen-bond acceptors (Lipinski definition) is 7. The quantitative estimate of drug-likeness (QED) is 0.502. The second kappa shape index (κ2) is 7.40. The summed E-state index contributed by atoms with van der Waals surface area (Å²) in [5, 5.41) is 9.59. The van der Waals surface area contributed by atoms with Crippen LogP contribution in [0.3, 0.4) is 0 Å². The molecule has 1 aliphatic rings. The van der Waals surface area contributed by atoms with E-state index >= 15 is 0 Å². The van der Waals surface area contributed by atoms with E-state index < -0.39 is 0 Å². The van der Waals surface area contributed by atoms with E-state index in [-0.39, 0.29) is 22.8 Å². The molecule has 0 bridgehead atoms. The molecule has 140 valence electrons. The Balaban J connectivity index is 1.55. The van der Waals surface area contributed by atoms with Crippen molar-refractivity contribution in [3.63, 3.8) is 0 Å². The number of anilines is 1. The fourth-order valence-electron chi connectivity index (χ4n) is 2.82. The zero-order valence-corrected chi connectivity index (χ0v) is 16.6. The van der Waals surface area contributed by atoms with Crippen LogP contribution in [0.15, 0.2) is 33.4 Å². The van der Waals surface area contributed by atoms with Crippen LogP contribution < -0.4 is 10.5 Å². The van der Waals surface area contributed by atoms with Gasteiger partial charge in [-0.1, -0.05) is 42.2 Å². The molecule has 7 nitrogen and oxygen atoms in total. The highest BCUT2D eigenvalue weighted by molar-refractivity contribution is 8.01. The van der Waals surface area contributed by atoms with E-state index in [0.717, 1.165) is 17.2 Å². The summed E-state index contributed by atoms with van der Waals surface area (Å²) in [7, 11) is 0. The Morgan fingerprint density at radius 2 is 2.15 bits per heavy atom. The highest BCUT2D eigenvalue weighted by Gasteiger charge is 2.35. The van der Waals surface area contributed by atoms with Gasteiger partial charge in [-0.15, -0.1) is 10.2 Å². The number of thioether (sulfide) groups is 1. The van der Waals surface area contributed by atoms with Crippen molar-refractivity contribution >= 4 is 45.0 Å². The fraction of sp³-hybridized carbons (Fsp3) is 0.389. The van der Waals surface area contributed by atoms with E-state index in [1.807, 2.05) is 32.0 Å². The van der Waals surface area contributed by atoms with Crippen molar-refractivity contribution in [1.82, 2.24) is 20.2 Å². The molecule has 1 amide bonds. The summed E-state index contributed by atoms with van der Waals surface area (Å²) in [6.07, 6.45) is 2.50. The topological polar surface area (TPSA) is 91.8 Å². The molecule has 3 aromatic rings. The summed E-state index contributed by atoms with van der Waals surface area (Å²) >= 11 is 2.89. The largest absolute Gasteiger partial charge is 0.309 e. The number of para-hydroxylation sites is 1. The van der Waals surface area contributed by atoms with Crippen LogP contribution in [0.1, 0.15) is 44.2 Å². The van der Waals surface area contributed by atoms with E-state index in [0.29, 0.717) is 28.3 Å². The maximum absolute atomic E-state index is 12.3. The van der Waals surface area contributed by atoms with E-state index in [4.69, 9.17) is 0 Å². The van der Waals surface area contributed by atoms with Gasteiger partial charge in [0.2, 0.25) is 11.0 Å². The zero-order chi connectivity index (χ0) is 19.0. The van der Waals surface area contributed by atoms with Gasteiger partial charge in [0.05, 0.1) is 16.2 Å². The van der Waals surface area contributed by atoms with Crippen molar-refractivity contribution < 1.29 is 4.79 Å². The third-order valence-electron chi connectivity index (χ3n) is 4.38. The zero-order valence-electron chi connectivity index (χ0n) is 15.0. The fourth-order valence-corrected chi connectivity index (χ4v) is 4.95. The second-order valence-electron chi connectivity index (χ2n) is 6.43. The lowest BCUT2D eigenvalue weighted by Crippen LogP contribution is -2.32. The number of carbonyl (C=O) groups is 1. The van der Waals surface area contributed by atoms with Gasteiger partial charge in [0.1, 0.15) is 5.82 Å². The lowest BCUT2D eigenvalue weighted by atomic mass is 10.2. The van der Waals surface area contributed by atoms with Crippen LogP contribution in [0.5, 0.6) is 0 Å². The van der Waals surface area contributed by atoms with Crippen LogP contribution in [0.25, 0.3) is 10.9 Å². The number of rotatable bonds is 6. The van der Waals surface area contributed by atoms with Crippen molar-refractivity contribution in [1.29, 1.82) is 0 Å². The van der Waals surface area contributed by atoms with Gasteiger partial charge in [0, 0.05) is 12.5 Å². The van der Waals surface area contributed by atoms with Crippen molar-refractivity contribution in [2.24, 2.45) is 0 Å². The number of aromatic amines is 1. The molecule has 0 aliphatic heterocycles. The van der Waals surface area contributed by atoms with Gasteiger partial charge < -0.3 is 4.98 Å². The summed E-state index contributed by atoms with van der Waals surface area (Å²) in [6, 6.07) is 7.54. The summed E-state index contributed by atoms with van der Waals surface area (Å²) in [5.41, 5.74) is 0.532. The number of hydrogen-bond donors (Lipinski definition) is 1. The Bertz CT molecular complexity index is 1040. The Labute approximate surface area is 164 Å². The van der Waals surface area contributed by atoms with E-state index in [9.17, 15) is 9.59 Å². The number of nitrogens with zero attached hydrogens (tertiary/aromatic N) is 4. The van der Waals surface area contributed by atoms with Gasteiger partial charge in [-0.3, -0.25) is 14.5 Å². The lowest BCUT2D eigenvalue weighted by molar-refractivity contribution is -0.118. The molecule has 4 rings (SSSR count). The van der Waals surface area contributed by atoms with Crippen molar-refractivity contribution in [2.45, 2.75) is 48.7 Å². The molecule has 0 unspecified atom stereocenters. The predicted molar refractivity (Wildman–Crippen MR) is 107 cm³/mol. The third kappa shape index (κ3) is 3.74. The maximum atomic E-state index is 12.3. The molecule has 9 heteroatoms. The molecule has 0 saturated heterocycles. The molecular weight excluding hydrogens is 382 g/mol. The van der Waals surface area contributed by atoms with Gasteiger partial charge >= 0.3 is 0 Å². The maximum Gasteiger partial charge on any atom is 0.258 e. The Kier molecular flexibility index (Phi) is 4.96. The van der Waals surface area contributed by atoms with Crippen molar-refractivity contribution in [3.05, 3.63) is 40.4 Å². The monoisotopic (exact) mass is 401 g/mol. The average Bonchev–Trinajstić information content (AvgIpc) is 3.40. The van der Waals surface area contributed by atoms with Crippen LogP contribution >= 0.6 is 23.1 Å². The highest BCUT2D eigenvalue weighted by atomic mass is 32.2. The predicted octanol–water partition coefficient (Wildman–Crippen LogP) is 3.53. The summed E-state index contributed by atoms with van der Waals surface area (Å²) in [6.45, 7) is 3.83. The summed E-state index contributed by atoms with van der Waals surface area (Å²) < 4.78 is 0.753. The molecule has 27 heavy (non-hydrogen) atoms. The smallest absolute Gasteiger partial charge is 0.258 e. The standard InChI is InChI=1S/C18H19N5O2S2/c1-3-14(24)23(11-8-9-11)17-21-22-18(27-17)26-10(2)15-19-13-7-5-4-6-12(13)16(25)20-15/h4-7,10-11H,3,8-9H2,1-2H3,(H,19,20,25)/t10-/m1/s1. The van der Waals surface area contributed by atoms with Crippen LogP contribution in [0, 0.1) is 0 Å². The molecule has 0 radical (unpaired) electrons. The minimum atomic E-state index is -0.144. The average molecular weight is 402 g/mol. The first-order valence-corrected chi connectivity index (χ1v) is 10.6. The van der Waals surface area contributed by atoms with Crippen LogP contribution in [0.2, 0.25) is 0 Å². The molecule has 1 aliphatic carbocycles. The summed E-state index contributed by atoms with van der Waals surface area (Å²) in [4.78, 5) is 33.7. The Morgan fingerprint density at radius 1 is 1.37 bits per heavy atom. The van der Waals surface area contributed by atoms with Crippen molar-refractivity contribution in [3.8, 4) is 0 Å². The van der Waals surface area contributed by atoms with E-state index in [1.54, 1.807) is 11.0 Å². The first-order valence-electron chi connectivity index (χ1n) is 8.88. The first kappa shape index (κ1) is 18.1. The van der Waals surface area contributed by atoms with Crippen LogP contribution in [-0.2, 0) is 4.79 Å². The van der Waals surface area contributed by atoms with Gasteiger partial charge in [0.25, 0.3) is 5.56 Å². The molecule has 1 saturated carbocycles. The normalized spacial score (nSPS) is 15.0. The van der Waals surface area contributed by atoms with Gasteiger partial charge in [-0.2, -0.15) is 0 Å². The molecule has 1 N–H and O–H groups in total. The number of fused-ring (bicyclic) bond motifs is 1. The summed E-state index contributed by atoms with van der Waals surface area (Å²) in [5.74, 6) is 0.683. The number of aromatic nitrogens is 4. The number of H-pyrrole nitrogens is 1. The number of nitrogens with one attached hydrogen (secondary N) is 1. The minimum Gasteiger partial charge on any atom is -0.309 e. The number of benzene rings is 1. The second-order valence-corrected chi connectivity index (χ2v) is 8.97. The van der Waals surface area contributed by atoms with E-state index in [1.165, 1.54) is 23.1 Å². The first-order chi connectivity index (χ1) is 13.1. The highest BCUT2D eigenvalue weighted by Crippen LogP contribution is 2.40. The minimum absolute atomic E-state index is 0.0822. The SMILES string of the molecule is CCC(=O)N(c1nnc(S[C@H](C)c2nc3ccccc3c(=O)[nH]2)s1)C1CC1. The van der Waals surface area contributed by atoms with E-state index in [2.05, 4.69) is 20.2 Å². The van der Waals surface area contributed by atoms with Crippen molar-refractivity contribution in [2.75, 3.05) is 4.90 Å². The van der Waals surface area contributed by atoms with Gasteiger partial charge in [0.15, 0.2) is 4.34 Å². The molecule has 0 spiro atoms.